The molecule has 1 heterocycles. The van der Waals surface area contributed by atoms with Crippen molar-refractivity contribution in [1.82, 2.24) is 15.1 Å². The highest BCUT2D eigenvalue weighted by Crippen LogP contribution is 2.51. The molecule has 0 saturated carbocycles. The van der Waals surface area contributed by atoms with Gasteiger partial charge < -0.3 is 10.6 Å². The van der Waals surface area contributed by atoms with Gasteiger partial charge in [-0.25, -0.2) is 8.42 Å². The van der Waals surface area contributed by atoms with Gasteiger partial charge >= 0.3 is 24.2 Å². The minimum absolute atomic E-state index is 0.00543. The van der Waals surface area contributed by atoms with Gasteiger partial charge in [-0.1, -0.05) is 18.2 Å². The van der Waals surface area contributed by atoms with Crippen molar-refractivity contribution in [2.75, 3.05) is 17.3 Å². The van der Waals surface area contributed by atoms with Crippen LogP contribution in [0.15, 0.2) is 47.1 Å². The zero-order chi connectivity index (χ0) is 35.9. The van der Waals surface area contributed by atoms with Gasteiger partial charge in [0.1, 0.15) is 9.84 Å². The lowest BCUT2D eigenvalue weighted by molar-refractivity contribution is -0.302. The smallest absolute Gasteiger partial charge is 0.349 e. The van der Waals surface area contributed by atoms with Crippen LogP contribution < -0.4 is 10.6 Å². The van der Waals surface area contributed by atoms with E-state index in [9.17, 15) is 61.9 Å². The van der Waals surface area contributed by atoms with E-state index in [2.05, 4.69) is 31.7 Å². The first-order valence-electron chi connectivity index (χ1n) is 12.9. The minimum atomic E-state index is -6.54. The third kappa shape index (κ3) is 8.43. The predicted octanol–water partition coefficient (Wildman–Crippen LogP) is 6.73. The van der Waals surface area contributed by atoms with E-state index in [-0.39, 0.29) is 49.0 Å². The Labute approximate surface area is 268 Å². The fourth-order valence-corrected chi connectivity index (χ4v) is 5.87. The molecule has 0 fully saturated rings. The maximum atomic E-state index is 14.0. The zero-order valence-electron chi connectivity index (χ0n) is 24.1. The Kier molecular flexibility index (Phi) is 10.5. The highest BCUT2D eigenvalue weighted by molar-refractivity contribution is 9.10. The molecule has 0 saturated heterocycles. The monoisotopic (exact) mass is 768 g/mol. The van der Waals surface area contributed by atoms with E-state index >= 15 is 0 Å². The summed E-state index contributed by atoms with van der Waals surface area (Å²) in [7, 11) is -3.45. The van der Waals surface area contributed by atoms with Gasteiger partial charge in [-0.2, -0.15) is 49.0 Å². The average Bonchev–Trinajstić information content (AvgIpc) is 3.32. The van der Waals surface area contributed by atoms with Crippen molar-refractivity contribution < 1.29 is 61.9 Å². The van der Waals surface area contributed by atoms with Crippen LogP contribution in [0.1, 0.15) is 50.0 Å². The maximum absolute atomic E-state index is 14.0. The van der Waals surface area contributed by atoms with Crippen LogP contribution in [0.4, 0.5) is 49.6 Å². The van der Waals surface area contributed by atoms with Crippen LogP contribution in [-0.2, 0) is 28.2 Å². The molecule has 1 atom stereocenters. The van der Waals surface area contributed by atoms with Crippen LogP contribution in [0.25, 0.3) is 0 Å². The van der Waals surface area contributed by atoms with Crippen molar-refractivity contribution >= 4 is 43.3 Å². The summed E-state index contributed by atoms with van der Waals surface area (Å²) < 4.78 is 157. The minimum Gasteiger partial charge on any atom is -0.349 e. The lowest BCUT2D eigenvalue weighted by Gasteiger charge is -2.23. The number of carbonyl (C=O) groups excluding carboxylic acids is 2. The first kappa shape index (κ1) is 37.8. The number of nitrogens with one attached hydrogen (secondary N) is 2. The number of benzene rings is 2. The summed E-state index contributed by atoms with van der Waals surface area (Å²) in [6.45, 7) is 2.01. The number of halogens is 11. The van der Waals surface area contributed by atoms with Gasteiger partial charge in [0.15, 0.2) is 5.69 Å². The number of sulfone groups is 1. The molecule has 0 unspecified atom stereocenters. The Morgan fingerprint density at radius 2 is 1.53 bits per heavy atom. The van der Waals surface area contributed by atoms with E-state index in [4.69, 9.17) is 0 Å². The Morgan fingerprint density at radius 1 is 0.936 bits per heavy atom. The number of nitrogens with zero attached hydrogens (tertiary/aromatic N) is 2. The maximum Gasteiger partial charge on any atom is 0.459 e. The fourth-order valence-electron chi connectivity index (χ4n) is 4.33. The molecule has 0 aliphatic heterocycles. The molecule has 47 heavy (non-hydrogen) atoms. The predicted molar refractivity (Wildman–Crippen MR) is 151 cm³/mol. The number of hydrogen-bond acceptors (Lipinski definition) is 5. The lowest BCUT2D eigenvalue weighted by atomic mass is 10.0. The molecule has 0 aliphatic carbocycles. The molecule has 0 radical (unpaired) electrons. The standard InChI is InChI=1S/C27H23BrF10N4O4S/c1-13-9-15(10-42-11-17(24(29,30)26(33,34)35)21(41-42)25(31,32)27(36,37)38)7-8-19(13)40-22(43)16-5-4-6-18(28)20(16)23(44)39-14(2)12-47(3,45)46/h4-9,11,14H,10,12H2,1-3H3,(H,39,44)(H,40,43)/t14-/m0/s1. The molecule has 0 bridgehead atoms. The van der Waals surface area contributed by atoms with Crippen molar-refractivity contribution in [3.05, 3.63) is 80.6 Å². The SMILES string of the molecule is Cc1cc(Cn2cc(C(F)(F)C(F)(F)F)c(C(F)(F)C(F)(F)F)n2)ccc1NC(=O)c1cccc(Br)c1C(=O)N[C@@H](C)CS(C)(=O)=O. The Balaban J connectivity index is 1.91. The van der Waals surface area contributed by atoms with Gasteiger partial charge in [0.2, 0.25) is 0 Å². The molecule has 2 aromatic carbocycles. The van der Waals surface area contributed by atoms with Gasteiger partial charge in [0.05, 0.1) is 29.0 Å². The van der Waals surface area contributed by atoms with E-state index in [1.807, 2.05) is 0 Å². The number of amides is 2. The highest BCUT2D eigenvalue weighted by atomic mass is 79.9. The van der Waals surface area contributed by atoms with Crippen molar-refractivity contribution in [1.29, 1.82) is 0 Å². The lowest BCUT2D eigenvalue weighted by Crippen LogP contribution is -2.40. The van der Waals surface area contributed by atoms with Crippen LogP contribution in [0, 0.1) is 6.92 Å². The van der Waals surface area contributed by atoms with Gasteiger partial charge in [0.25, 0.3) is 11.8 Å². The zero-order valence-corrected chi connectivity index (χ0v) is 26.5. The summed E-state index contributed by atoms with van der Waals surface area (Å²) in [5, 5.41) is 7.75. The summed E-state index contributed by atoms with van der Waals surface area (Å²) in [5.74, 6) is -14.2. The number of hydrogen-bond donors (Lipinski definition) is 2. The Morgan fingerprint density at radius 3 is 2.06 bits per heavy atom. The average molecular weight is 769 g/mol. The van der Waals surface area contributed by atoms with E-state index in [0.717, 1.165) is 12.3 Å². The molecule has 20 heteroatoms. The number of rotatable bonds is 10. The summed E-state index contributed by atoms with van der Waals surface area (Å²) in [4.78, 5) is 26.1. The largest absolute Gasteiger partial charge is 0.459 e. The van der Waals surface area contributed by atoms with Gasteiger partial charge in [-0.3, -0.25) is 14.3 Å². The van der Waals surface area contributed by atoms with Gasteiger partial charge in [-0.05, 0) is 59.1 Å². The third-order valence-corrected chi connectivity index (χ3v) is 8.17. The molecule has 8 nitrogen and oxygen atoms in total. The molecule has 1 aromatic heterocycles. The highest BCUT2D eigenvalue weighted by Gasteiger charge is 2.67. The fraction of sp³-hybridized carbons (Fsp3) is 0.370. The summed E-state index contributed by atoms with van der Waals surface area (Å²) in [6.07, 6.45) is -12.3. The van der Waals surface area contributed by atoms with E-state index in [1.54, 1.807) is 0 Å². The number of aryl methyl sites for hydroxylation is 1. The number of alkyl halides is 10. The van der Waals surface area contributed by atoms with Crippen LogP contribution in [-0.4, -0.2) is 60.4 Å². The molecular weight excluding hydrogens is 746 g/mol. The quantitative estimate of drug-likeness (QED) is 0.223. The normalized spacial score (nSPS) is 13.7. The Hall–Kier alpha value is -3.68. The summed E-state index contributed by atoms with van der Waals surface area (Å²) in [5.41, 5.74) is -5.48. The van der Waals surface area contributed by atoms with Gasteiger partial charge in [0, 0.05) is 28.7 Å². The molecule has 2 amide bonds. The molecule has 0 spiro atoms. The third-order valence-electron chi connectivity index (χ3n) is 6.41. The van der Waals surface area contributed by atoms with Crippen LogP contribution in [0.5, 0.6) is 0 Å². The molecule has 3 rings (SSSR count). The second kappa shape index (κ2) is 13.1. The van der Waals surface area contributed by atoms with Crippen molar-refractivity contribution in [3.8, 4) is 0 Å². The van der Waals surface area contributed by atoms with Gasteiger partial charge in [-0.15, -0.1) is 0 Å². The first-order chi connectivity index (χ1) is 21.3. The summed E-state index contributed by atoms with van der Waals surface area (Å²) in [6, 6.07) is 6.96. The number of anilines is 1. The molecule has 2 N–H and O–H groups in total. The second-order valence-corrected chi connectivity index (χ2v) is 13.5. The van der Waals surface area contributed by atoms with Crippen LogP contribution >= 0.6 is 15.9 Å². The van der Waals surface area contributed by atoms with Crippen LogP contribution in [0.2, 0.25) is 0 Å². The summed E-state index contributed by atoms with van der Waals surface area (Å²) >= 11 is 3.18. The van der Waals surface area contributed by atoms with Crippen molar-refractivity contribution in [2.24, 2.45) is 0 Å². The molecule has 3 aromatic rings. The number of carbonyl (C=O) groups is 2. The van der Waals surface area contributed by atoms with Crippen molar-refractivity contribution in [2.45, 2.75) is 50.6 Å². The second-order valence-electron chi connectivity index (χ2n) is 10.5. The van der Waals surface area contributed by atoms with E-state index in [1.165, 1.54) is 44.2 Å². The van der Waals surface area contributed by atoms with Crippen molar-refractivity contribution in [3.63, 3.8) is 0 Å². The van der Waals surface area contributed by atoms with E-state index < -0.39 is 69.7 Å². The molecule has 0 aliphatic rings. The topological polar surface area (TPSA) is 110 Å². The Bertz CT molecular complexity index is 1750. The van der Waals surface area contributed by atoms with Crippen LogP contribution in [0.3, 0.4) is 0 Å². The first-order valence-corrected chi connectivity index (χ1v) is 15.8. The van der Waals surface area contributed by atoms with E-state index in [0.29, 0.717) is 0 Å². The number of aromatic nitrogens is 2. The molecule has 258 valence electrons. The molecular formula is C27H23BrF10N4O4S.